The molecule has 1 N–H and O–H groups in total. The molecule has 0 saturated heterocycles. The Hall–Kier alpha value is -1.07. The van der Waals surface area contributed by atoms with E-state index in [0.29, 0.717) is 6.61 Å². The van der Waals surface area contributed by atoms with Crippen LogP contribution in [0.2, 0.25) is 0 Å². The molecule has 104 valence electrons. The topological polar surface area (TPSA) is 48.3 Å². The molecule has 0 aliphatic rings. The Morgan fingerprint density at radius 3 is 2.72 bits per heavy atom. The lowest BCUT2D eigenvalue weighted by Crippen LogP contribution is -2.28. The van der Waals surface area contributed by atoms with Gasteiger partial charge >= 0.3 is 0 Å². The molecule has 0 fully saturated rings. The zero-order valence-corrected chi connectivity index (χ0v) is 11.9. The number of likely N-dealkylation sites (N-methyl/N-ethyl adjacent to an activating group) is 1. The van der Waals surface area contributed by atoms with Crippen LogP contribution in [0.15, 0.2) is 6.20 Å². The summed E-state index contributed by atoms with van der Waals surface area (Å²) in [6.07, 6.45) is 2.80. The van der Waals surface area contributed by atoms with Crippen molar-refractivity contribution in [1.82, 2.24) is 15.1 Å². The summed E-state index contributed by atoms with van der Waals surface area (Å²) in [5.41, 5.74) is 1.07. The molecule has 0 aliphatic heterocycles. The molecule has 0 radical (unpaired) electrons. The summed E-state index contributed by atoms with van der Waals surface area (Å²) in [6, 6.07) is 0.124. The highest BCUT2D eigenvalue weighted by Gasteiger charge is 2.20. The maximum atomic E-state index is 5.66. The van der Waals surface area contributed by atoms with Crippen LogP contribution in [0.1, 0.15) is 38.9 Å². The highest BCUT2D eigenvalue weighted by Crippen LogP contribution is 2.25. The Bertz CT molecular complexity index is 317. The van der Waals surface area contributed by atoms with E-state index in [1.807, 2.05) is 4.68 Å². The highest BCUT2D eigenvalue weighted by molar-refractivity contribution is 5.28. The molecule has 0 amide bonds. The van der Waals surface area contributed by atoms with Crippen molar-refractivity contribution < 1.29 is 9.47 Å². The van der Waals surface area contributed by atoms with Gasteiger partial charge in [-0.2, -0.15) is 5.10 Å². The Morgan fingerprint density at radius 2 is 2.17 bits per heavy atom. The van der Waals surface area contributed by atoms with E-state index in [1.165, 1.54) is 0 Å². The van der Waals surface area contributed by atoms with E-state index in [9.17, 15) is 0 Å². The van der Waals surface area contributed by atoms with Crippen LogP contribution in [0.4, 0.5) is 0 Å². The normalized spacial score (nSPS) is 12.7. The van der Waals surface area contributed by atoms with Crippen molar-refractivity contribution in [3.63, 3.8) is 0 Å². The zero-order valence-electron chi connectivity index (χ0n) is 11.9. The molecule has 1 heterocycles. The second kappa shape index (κ2) is 8.11. The number of nitrogens with zero attached hydrogens (tertiary/aromatic N) is 2. The maximum absolute atomic E-state index is 5.66. The standard InChI is InChI=1S/C13H25N3O2/c1-5-8-18-10-11(14-6-2)13-12(17-4)9-15-16(13)7-3/h9,11,14H,5-8,10H2,1-4H3. The van der Waals surface area contributed by atoms with Crippen molar-refractivity contribution >= 4 is 0 Å². The molecule has 0 bridgehead atoms. The molecule has 5 nitrogen and oxygen atoms in total. The highest BCUT2D eigenvalue weighted by atomic mass is 16.5. The smallest absolute Gasteiger partial charge is 0.161 e. The third kappa shape index (κ3) is 3.71. The van der Waals surface area contributed by atoms with Gasteiger partial charge in [0, 0.05) is 13.2 Å². The summed E-state index contributed by atoms with van der Waals surface area (Å²) >= 11 is 0. The number of hydrogen-bond acceptors (Lipinski definition) is 4. The van der Waals surface area contributed by atoms with Crippen LogP contribution in [0.3, 0.4) is 0 Å². The van der Waals surface area contributed by atoms with E-state index < -0.39 is 0 Å². The van der Waals surface area contributed by atoms with Crippen molar-refractivity contribution in [1.29, 1.82) is 0 Å². The van der Waals surface area contributed by atoms with E-state index in [1.54, 1.807) is 13.3 Å². The lowest BCUT2D eigenvalue weighted by atomic mass is 10.2. The fourth-order valence-corrected chi connectivity index (χ4v) is 1.96. The molecule has 1 aromatic heterocycles. The lowest BCUT2D eigenvalue weighted by Gasteiger charge is -2.20. The molecule has 0 saturated carbocycles. The molecule has 1 aromatic rings. The molecule has 0 spiro atoms. The van der Waals surface area contributed by atoms with Gasteiger partial charge < -0.3 is 14.8 Å². The predicted octanol–water partition coefficient (Wildman–Crippen LogP) is 1.99. The summed E-state index contributed by atoms with van der Waals surface area (Å²) in [6.45, 7) is 9.41. The van der Waals surface area contributed by atoms with E-state index in [-0.39, 0.29) is 6.04 Å². The van der Waals surface area contributed by atoms with Crippen LogP contribution in [-0.4, -0.2) is 36.6 Å². The van der Waals surface area contributed by atoms with Crippen molar-refractivity contribution in [3.8, 4) is 5.75 Å². The Labute approximate surface area is 109 Å². The first-order valence-electron chi connectivity index (χ1n) is 6.69. The van der Waals surface area contributed by atoms with Crippen molar-refractivity contribution in [2.75, 3.05) is 26.9 Å². The number of ether oxygens (including phenoxy) is 2. The molecular weight excluding hydrogens is 230 g/mol. The van der Waals surface area contributed by atoms with Crippen molar-refractivity contribution in [2.24, 2.45) is 0 Å². The Morgan fingerprint density at radius 1 is 1.39 bits per heavy atom. The summed E-state index contributed by atoms with van der Waals surface area (Å²) in [5.74, 6) is 0.822. The number of methoxy groups -OCH3 is 1. The molecule has 0 aliphatic carbocycles. The zero-order chi connectivity index (χ0) is 13.4. The Balaban J connectivity index is 2.85. The first-order chi connectivity index (χ1) is 8.78. The van der Waals surface area contributed by atoms with Crippen LogP contribution in [0, 0.1) is 0 Å². The minimum atomic E-state index is 0.124. The van der Waals surface area contributed by atoms with Gasteiger partial charge in [-0.1, -0.05) is 13.8 Å². The van der Waals surface area contributed by atoms with Crippen LogP contribution >= 0.6 is 0 Å². The van der Waals surface area contributed by atoms with Gasteiger partial charge in [-0.05, 0) is 19.9 Å². The van der Waals surface area contributed by atoms with Crippen molar-refractivity contribution in [2.45, 2.75) is 39.8 Å². The van der Waals surface area contributed by atoms with Crippen LogP contribution in [-0.2, 0) is 11.3 Å². The van der Waals surface area contributed by atoms with Gasteiger partial charge in [-0.15, -0.1) is 0 Å². The summed E-state index contributed by atoms with van der Waals surface area (Å²) in [4.78, 5) is 0. The molecular formula is C13H25N3O2. The van der Waals surface area contributed by atoms with E-state index >= 15 is 0 Å². The van der Waals surface area contributed by atoms with Gasteiger partial charge in [0.25, 0.3) is 0 Å². The fraction of sp³-hybridized carbons (Fsp3) is 0.769. The largest absolute Gasteiger partial charge is 0.493 e. The number of hydrogen-bond donors (Lipinski definition) is 1. The maximum Gasteiger partial charge on any atom is 0.161 e. The summed E-state index contributed by atoms with van der Waals surface area (Å²) in [5, 5.41) is 7.76. The third-order valence-corrected chi connectivity index (χ3v) is 2.78. The number of aromatic nitrogens is 2. The average molecular weight is 255 g/mol. The minimum Gasteiger partial charge on any atom is -0.493 e. The Kier molecular flexibility index (Phi) is 6.75. The molecule has 1 atom stereocenters. The number of nitrogens with one attached hydrogen (secondary N) is 1. The van der Waals surface area contributed by atoms with Gasteiger partial charge in [0.15, 0.2) is 5.75 Å². The number of rotatable bonds is 9. The minimum absolute atomic E-state index is 0.124. The predicted molar refractivity (Wildman–Crippen MR) is 72.0 cm³/mol. The molecule has 1 rings (SSSR count). The van der Waals surface area contributed by atoms with Crippen LogP contribution < -0.4 is 10.1 Å². The molecule has 0 aromatic carbocycles. The van der Waals surface area contributed by atoms with Gasteiger partial charge in [0.05, 0.1) is 31.6 Å². The van der Waals surface area contributed by atoms with E-state index in [0.717, 1.165) is 37.6 Å². The first-order valence-corrected chi connectivity index (χ1v) is 6.69. The van der Waals surface area contributed by atoms with Gasteiger partial charge in [-0.3, -0.25) is 4.68 Å². The summed E-state index contributed by atoms with van der Waals surface area (Å²) in [7, 11) is 1.68. The van der Waals surface area contributed by atoms with Crippen LogP contribution in [0.25, 0.3) is 0 Å². The van der Waals surface area contributed by atoms with Crippen molar-refractivity contribution in [3.05, 3.63) is 11.9 Å². The first kappa shape index (κ1) is 15.0. The molecule has 5 heteroatoms. The van der Waals surface area contributed by atoms with E-state index in [4.69, 9.17) is 9.47 Å². The number of aryl methyl sites for hydroxylation is 1. The average Bonchev–Trinajstić information content (AvgIpc) is 2.80. The van der Waals surface area contributed by atoms with Crippen LogP contribution in [0.5, 0.6) is 5.75 Å². The second-order valence-electron chi connectivity index (χ2n) is 4.10. The summed E-state index contributed by atoms with van der Waals surface area (Å²) < 4.78 is 13.0. The van der Waals surface area contributed by atoms with Gasteiger partial charge in [0.1, 0.15) is 0 Å². The monoisotopic (exact) mass is 255 g/mol. The molecule has 18 heavy (non-hydrogen) atoms. The quantitative estimate of drug-likeness (QED) is 0.686. The van der Waals surface area contributed by atoms with Gasteiger partial charge in [0.2, 0.25) is 0 Å². The molecule has 1 unspecified atom stereocenters. The fourth-order valence-electron chi connectivity index (χ4n) is 1.96. The third-order valence-electron chi connectivity index (χ3n) is 2.78. The lowest BCUT2D eigenvalue weighted by molar-refractivity contribution is 0.109. The van der Waals surface area contributed by atoms with E-state index in [2.05, 4.69) is 31.2 Å². The second-order valence-corrected chi connectivity index (χ2v) is 4.10. The van der Waals surface area contributed by atoms with Gasteiger partial charge in [-0.25, -0.2) is 0 Å². The SMILES string of the molecule is CCCOCC(NCC)c1c(OC)cnn1CC.